The fourth-order valence-electron chi connectivity index (χ4n) is 0.811. The average molecular weight is 194 g/mol. The number of halogens is 3. The summed E-state index contributed by atoms with van der Waals surface area (Å²) in [6.45, 7) is 1.44. The highest BCUT2D eigenvalue weighted by Crippen LogP contribution is 2.28. The summed E-state index contributed by atoms with van der Waals surface area (Å²) in [6.07, 6.45) is -2.66. The standard InChI is InChI=1S/C7H6ClF2NO/c1-3-2-4(12)6(8)11-5(3)7(9)10/h2,7,12H,1H3. The van der Waals surface area contributed by atoms with Gasteiger partial charge in [-0.15, -0.1) is 0 Å². The minimum absolute atomic E-state index is 0.229. The lowest BCUT2D eigenvalue weighted by Crippen LogP contribution is -1.94. The molecule has 0 bridgehead atoms. The van der Waals surface area contributed by atoms with E-state index in [-0.39, 0.29) is 16.5 Å². The van der Waals surface area contributed by atoms with Crippen molar-refractivity contribution in [2.24, 2.45) is 0 Å². The molecule has 1 N–H and O–H groups in total. The molecule has 5 heteroatoms. The van der Waals surface area contributed by atoms with Crippen molar-refractivity contribution in [3.05, 3.63) is 22.5 Å². The maximum atomic E-state index is 12.1. The molecule has 0 amide bonds. The summed E-state index contributed by atoms with van der Waals surface area (Å²) in [5.41, 5.74) is -0.162. The zero-order valence-corrected chi connectivity index (χ0v) is 6.94. The zero-order chi connectivity index (χ0) is 9.30. The van der Waals surface area contributed by atoms with Crippen LogP contribution in [0.15, 0.2) is 6.07 Å². The van der Waals surface area contributed by atoms with E-state index in [4.69, 9.17) is 16.7 Å². The van der Waals surface area contributed by atoms with E-state index in [2.05, 4.69) is 4.98 Å². The van der Waals surface area contributed by atoms with Crippen molar-refractivity contribution >= 4 is 11.6 Å². The lowest BCUT2D eigenvalue weighted by Gasteiger charge is -2.04. The van der Waals surface area contributed by atoms with Gasteiger partial charge in [-0.25, -0.2) is 13.8 Å². The smallest absolute Gasteiger partial charge is 0.280 e. The Hall–Kier alpha value is -0.900. The van der Waals surface area contributed by atoms with E-state index >= 15 is 0 Å². The first-order valence-electron chi connectivity index (χ1n) is 3.16. The highest BCUT2D eigenvalue weighted by Gasteiger charge is 2.14. The normalized spacial score (nSPS) is 10.8. The van der Waals surface area contributed by atoms with Crippen LogP contribution in [0.2, 0.25) is 5.15 Å². The Morgan fingerprint density at radius 2 is 2.17 bits per heavy atom. The second-order valence-corrected chi connectivity index (χ2v) is 2.66. The molecule has 0 radical (unpaired) electrons. The molecule has 0 aromatic carbocycles. The van der Waals surface area contributed by atoms with Gasteiger partial charge in [-0.3, -0.25) is 0 Å². The van der Waals surface area contributed by atoms with Gasteiger partial charge in [-0.1, -0.05) is 11.6 Å². The number of aromatic nitrogens is 1. The molecule has 0 aliphatic rings. The second-order valence-electron chi connectivity index (χ2n) is 2.30. The van der Waals surface area contributed by atoms with Crippen LogP contribution < -0.4 is 0 Å². The van der Waals surface area contributed by atoms with E-state index in [9.17, 15) is 8.78 Å². The van der Waals surface area contributed by atoms with E-state index < -0.39 is 12.1 Å². The third-order valence-corrected chi connectivity index (χ3v) is 1.67. The molecule has 0 fully saturated rings. The van der Waals surface area contributed by atoms with Gasteiger partial charge in [-0.2, -0.15) is 0 Å². The number of aromatic hydroxyl groups is 1. The van der Waals surface area contributed by atoms with Crippen LogP contribution in [0.3, 0.4) is 0 Å². The Morgan fingerprint density at radius 3 is 2.67 bits per heavy atom. The van der Waals surface area contributed by atoms with Gasteiger partial charge < -0.3 is 5.11 Å². The van der Waals surface area contributed by atoms with Gasteiger partial charge >= 0.3 is 0 Å². The molecule has 2 nitrogen and oxygen atoms in total. The molecule has 1 aromatic heterocycles. The van der Waals surface area contributed by atoms with Crippen LogP contribution in [0.1, 0.15) is 17.7 Å². The minimum atomic E-state index is -2.66. The third-order valence-electron chi connectivity index (χ3n) is 1.39. The zero-order valence-electron chi connectivity index (χ0n) is 6.18. The molecule has 1 aromatic rings. The summed E-state index contributed by atoms with van der Waals surface area (Å²) in [5, 5.41) is 8.67. The molecule has 66 valence electrons. The highest BCUT2D eigenvalue weighted by molar-refractivity contribution is 6.30. The van der Waals surface area contributed by atoms with Crippen molar-refractivity contribution in [3.63, 3.8) is 0 Å². The number of alkyl halides is 2. The van der Waals surface area contributed by atoms with Gasteiger partial charge in [-0.05, 0) is 18.6 Å². The van der Waals surface area contributed by atoms with Crippen LogP contribution >= 0.6 is 11.6 Å². The molecule has 0 saturated heterocycles. The van der Waals surface area contributed by atoms with Crippen molar-refractivity contribution < 1.29 is 13.9 Å². The number of aryl methyl sites for hydroxylation is 1. The first-order valence-corrected chi connectivity index (χ1v) is 3.54. The number of nitrogens with zero attached hydrogens (tertiary/aromatic N) is 1. The summed E-state index contributed by atoms with van der Waals surface area (Å²) in [4.78, 5) is 3.34. The van der Waals surface area contributed by atoms with Crippen LogP contribution in [0.5, 0.6) is 5.75 Å². The molecule has 0 atom stereocenters. The molecule has 0 unspecified atom stereocenters. The third kappa shape index (κ3) is 1.64. The van der Waals surface area contributed by atoms with E-state index in [1.54, 1.807) is 0 Å². The van der Waals surface area contributed by atoms with Gasteiger partial charge in [0, 0.05) is 0 Å². The lowest BCUT2D eigenvalue weighted by molar-refractivity contribution is 0.145. The van der Waals surface area contributed by atoms with Crippen LogP contribution in [-0.2, 0) is 0 Å². The number of hydrogen-bond acceptors (Lipinski definition) is 2. The number of pyridine rings is 1. The van der Waals surface area contributed by atoms with Crippen molar-refractivity contribution in [2.75, 3.05) is 0 Å². The predicted octanol–water partition coefficient (Wildman–Crippen LogP) is 2.69. The van der Waals surface area contributed by atoms with Crippen LogP contribution in [-0.4, -0.2) is 10.1 Å². The molecule has 0 aliphatic carbocycles. The fourth-order valence-corrected chi connectivity index (χ4v) is 0.956. The molecule has 12 heavy (non-hydrogen) atoms. The maximum absolute atomic E-state index is 12.1. The van der Waals surface area contributed by atoms with E-state index in [0.717, 1.165) is 6.07 Å². The Morgan fingerprint density at radius 1 is 1.58 bits per heavy atom. The van der Waals surface area contributed by atoms with Crippen LogP contribution in [0.4, 0.5) is 8.78 Å². The molecule has 0 aliphatic heterocycles. The first-order chi connectivity index (χ1) is 5.52. The summed E-state index contributed by atoms with van der Waals surface area (Å²) in [5.74, 6) is -0.279. The van der Waals surface area contributed by atoms with Gasteiger partial charge in [0.2, 0.25) is 0 Å². The Balaban J connectivity index is 3.23. The van der Waals surface area contributed by atoms with Gasteiger partial charge in [0.25, 0.3) is 6.43 Å². The molecule has 1 heterocycles. The van der Waals surface area contributed by atoms with Crippen LogP contribution in [0, 0.1) is 6.92 Å². The molecular formula is C7H6ClF2NO. The quantitative estimate of drug-likeness (QED) is 0.696. The first kappa shape index (κ1) is 9.19. The predicted molar refractivity (Wildman–Crippen MR) is 40.6 cm³/mol. The summed E-state index contributed by atoms with van der Waals surface area (Å²) in [7, 11) is 0. The summed E-state index contributed by atoms with van der Waals surface area (Å²) >= 11 is 5.34. The molecular weight excluding hydrogens is 188 g/mol. The minimum Gasteiger partial charge on any atom is -0.505 e. The van der Waals surface area contributed by atoms with Crippen molar-refractivity contribution in [1.29, 1.82) is 0 Å². The Kier molecular flexibility index (Phi) is 2.47. The largest absolute Gasteiger partial charge is 0.505 e. The van der Waals surface area contributed by atoms with E-state index in [1.165, 1.54) is 6.92 Å². The van der Waals surface area contributed by atoms with E-state index in [0.29, 0.717) is 0 Å². The van der Waals surface area contributed by atoms with Crippen molar-refractivity contribution in [2.45, 2.75) is 13.3 Å². The average Bonchev–Trinajstić information content (AvgIpc) is 1.96. The fraction of sp³-hybridized carbons (Fsp3) is 0.286. The monoisotopic (exact) mass is 193 g/mol. The Bertz CT molecular complexity index is 304. The van der Waals surface area contributed by atoms with E-state index in [1.807, 2.05) is 0 Å². The van der Waals surface area contributed by atoms with Gasteiger partial charge in [0.05, 0.1) is 0 Å². The van der Waals surface area contributed by atoms with Crippen molar-refractivity contribution in [3.8, 4) is 5.75 Å². The lowest BCUT2D eigenvalue weighted by atomic mass is 10.2. The number of rotatable bonds is 1. The topological polar surface area (TPSA) is 33.1 Å². The van der Waals surface area contributed by atoms with Gasteiger partial charge in [0.1, 0.15) is 5.69 Å². The molecule has 0 spiro atoms. The summed E-state index contributed by atoms with van der Waals surface area (Å²) < 4.78 is 24.3. The SMILES string of the molecule is Cc1cc(O)c(Cl)nc1C(F)F. The molecule has 1 rings (SSSR count). The second kappa shape index (κ2) is 3.23. The Labute approximate surface area is 72.8 Å². The maximum Gasteiger partial charge on any atom is 0.280 e. The van der Waals surface area contributed by atoms with Crippen molar-refractivity contribution in [1.82, 2.24) is 4.98 Å². The highest BCUT2D eigenvalue weighted by atomic mass is 35.5. The van der Waals surface area contributed by atoms with Crippen LogP contribution in [0.25, 0.3) is 0 Å². The summed E-state index contributed by atoms with van der Waals surface area (Å²) in [6, 6.07) is 1.16. The molecule has 0 saturated carbocycles. The number of hydrogen-bond donors (Lipinski definition) is 1. The van der Waals surface area contributed by atoms with Gasteiger partial charge in [0.15, 0.2) is 10.9 Å².